The Bertz CT molecular complexity index is 1070. The fourth-order valence-electron chi connectivity index (χ4n) is 5.35. The van der Waals surface area contributed by atoms with Crippen molar-refractivity contribution in [1.29, 1.82) is 0 Å². The van der Waals surface area contributed by atoms with Crippen molar-refractivity contribution in [3.63, 3.8) is 0 Å². The lowest BCUT2D eigenvalue weighted by molar-refractivity contribution is -0.132. The van der Waals surface area contributed by atoms with Crippen LogP contribution in [0.2, 0.25) is 0 Å². The third-order valence-electron chi connectivity index (χ3n) is 8.22. The predicted octanol–water partition coefficient (Wildman–Crippen LogP) is 3.56. The van der Waals surface area contributed by atoms with Crippen molar-refractivity contribution < 1.29 is 29.0 Å². The van der Waals surface area contributed by atoms with Gasteiger partial charge in [0.05, 0.1) is 30.4 Å². The van der Waals surface area contributed by atoms with E-state index in [1.165, 1.54) is 0 Å². The van der Waals surface area contributed by atoms with E-state index in [4.69, 9.17) is 9.47 Å². The minimum Gasteiger partial charge on any atom is -0.490 e. The maximum Gasteiger partial charge on any atom is 0.258 e. The largest absolute Gasteiger partial charge is 0.490 e. The molecule has 2 N–H and O–H groups in total. The van der Waals surface area contributed by atoms with E-state index in [0.29, 0.717) is 49.5 Å². The fourth-order valence-corrected chi connectivity index (χ4v) is 5.35. The summed E-state index contributed by atoms with van der Waals surface area (Å²) in [7, 11) is 9.74. The van der Waals surface area contributed by atoms with Gasteiger partial charge in [-0.3, -0.25) is 14.4 Å². The molecule has 0 bridgehead atoms. The summed E-state index contributed by atoms with van der Waals surface area (Å²) in [5.74, 6) is -0.0215. The molecule has 1 aliphatic heterocycles. The van der Waals surface area contributed by atoms with Gasteiger partial charge in [0.2, 0.25) is 11.8 Å². The molecule has 2 rings (SSSR count). The highest BCUT2D eigenvalue weighted by Crippen LogP contribution is 2.28. The maximum atomic E-state index is 14.3. The van der Waals surface area contributed by atoms with Crippen molar-refractivity contribution in [3.05, 3.63) is 23.8 Å². The molecule has 0 spiro atoms. The summed E-state index contributed by atoms with van der Waals surface area (Å²) in [6, 6.07) is 4.71. The Morgan fingerprint density at radius 3 is 2.36 bits per heavy atom. The van der Waals surface area contributed by atoms with Gasteiger partial charge in [0, 0.05) is 51.2 Å². The highest BCUT2D eigenvalue weighted by Gasteiger charge is 2.31. The van der Waals surface area contributed by atoms with Gasteiger partial charge < -0.3 is 39.5 Å². The zero-order chi connectivity index (χ0) is 33.5. The molecule has 3 amide bonds. The number of fused-ring (bicyclic) bond motifs is 1. The lowest BCUT2D eigenvalue weighted by atomic mass is 10.0. The lowest BCUT2D eigenvalue weighted by Gasteiger charge is -2.36. The summed E-state index contributed by atoms with van der Waals surface area (Å²) < 4.78 is 12.7. The van der Waals surface area contributed by atoms with Crippen LogP contribution in [0.3, 0.4) is 0 Å². The molecule has 0 fully saturated rings. The Kier molecular flexibility index (Phi) is 16.8. The Morgan fingerprint density at radius 2 is 1.71 bits per heavy atom. The van der Waals surface area contributed by atoms with Crippen LogP contribution >= 0.6 is 0 Å². The summed E-state index contributed by atoms with van der Waals surface area (Å²) in [6.45, 7) is 8.51. The molecule has 11 heteroatoms. The molecule has 4 atom stereocenters. The smallest absolute Gasteiger partial charge is 0.258 e. The van der Waals surface area contributed by atoms with E-state index in [1.54, 1.807) is 28.0 Å². The van der Waals surface area contributed by atoms with Crippen LogP contribution in [0.4, 0.5) is 5.69 Å². The van der Waals surface area contributed by atoms with Gasteiger partial charge in [-0.25, -0.2) is 0 Å². The predicted molar refractivity (Wildman–Crippen MR) is 179 cm³/mol. The first kappa shape index (κ1) is 38.5. The summed E-state index contributed by atoms with van der Waals surface area (Å²) in [5.41, 5.74) is 0.859. The van der Waals surface area contributed by atoms with Crippen LogP contribution < -0.4 is 10.1 Å². The number of likely N-dealkylation sites (N-methyl/N-ethyl adjacent to an activating group) is 1. The van der Waals surface area contributed by atoms with E-state index in [0.717, 1.165) is 45.2 Å². The Labute approximate surface area is 271 Å². The topological polar surface area (TPSA) is 115 Å². The van der Waals surface area contributed by atoms with Crippen LogP contribution in [0.5, 0.6) is 5.75 Å². The van der Waals surface area contributed by atoms with Crippen molar-refractivity contribution in [2.45, 2.75) is 84.0 Å². The van der Waals surface area contributed by atoms with Crippen molar-refractivity contribution in [1.82, 2.24) is 19.6 Å². The number of nitrogens with one attached hydrogen (secondary N) is 1. The van der Waals surface area contributed by atoms with Crippen molar-refractivity contribution in [3.8, 4) is 5.75 Å². The molecular formula is C34H59N5O6. The standard InChI is InChI=1S/C34H59N5O6/c1-25-22-39(26(2)24-40)34(43)29-21-28(35-32(41)14-11-18-36(4)5)16-17-30(29)45-27(3)13-9-10-20-44-31(25)23-38(8)33(42)15-12-19-37(6)7/h16-17,21,25-27,31,40H,9-15,18-20,22-24H2,1-8H3,(H,35,41)/t25-,26+,27-,31+/m1/s1. The van der Waals surface area contributed by atoms with Gasteiger partial charge in [-0.05, 0) is 105 Å². The molecular weight excluding hydrogens is 574 g/mol. The normalized spacial score (nSPS) is 20.7. The first-order valence-electron chi connectivity index (χ1n) is 16.5. The summed E-state index contributed by atoms with van der Waals surface area (Å²) in [5, 5.41) is 13.1. The molecule has 0 aromatic heterocycles. The van der Waals surface area contributed by atoms with E-state index in [-0.39, 0.29) is 42.5 Å². The van der Waals surface area contributed by atoms with Crippen LogP contribution in [0.25, 0.3) is 0 Å². The Balaban J connectivity index is 2.34. The molecule has 256 valence electrons. The second-order valence-corrected chi connectivity index (χ2v) is 13.1. The number of aliphatic hydroxyl groups excluding tert-OH is 1. The van der Waals surface area contributed by atoms with Gasteiger partial charge >= 0.3 is 0 Å². The second kappa shape index (κ2) is 19.7. The third kappa shape index (κ3) is 13.7. The van der Waals surface area contributed by atoms with Gasteiger partial charge in [0.15, 0.2) is 0 Å². The molecule has 0 aliphatic carbocycles. The van der Waals surface area contributed by atoms with Crippen molar-refractivity contribution in [2.75, 3.05) is 79.9 Å². The number of aliphatic hydroxyl groups is 1. The zero-order valence-electron chi connectivity index (χ0n) is 29.0. The maximum absolute atomic E-state index is 14.3. The first-order chi connectivity index (χ1) is 21.3. The van der Waals surface area contributed by atoms with Crippen LogP contribution in [0.15, 0.2) is 18.2 Å². The summed E-state index contributed by atoms with van der Waals surface area (Å²) in [4.78, 5) is 47.3. The number of nitrogens with zero attached hydrogens (tertiary/aromatic N) is 4. The SMILES string of the molecule is C[C@@H]1CCCCO[C@@H](CN(C)C(=O)CCCN(C)C)[C@H](C)CN([C@@H](C)CO)C(=O)c2cc(NC(=O)CCCN(C)C)ccc2O1. The van der Waals surface area contributed by atoms with Crippen molar-refractivity contribution in [2.24, 2.45) is 5.92 Å². The monoisotopic (exact) mass is 633 g/mol. The van der Waals surface area contributed by atoms with Crippen LogP contribution in [0.1, 0.15) is 76.1 Å². The van der Waals surface area contributed by atoms with Gasteiger partial charge in [-0.2, -0.15) is 0 Å². The lowest BCUT2D eigenvalue weighted by Crippen LogP contribution is -2.48. The minimum absolute atomic E-state index is 0.0694. The quantitative estimate of drug-likeness (QED) is 0.339. The van der Waals surface area contributed by atoms with Crippen LogP contribution in [-0.4, -0.2) is 135 Å². The van der Waals surface area contributed by atoms with E-state index in [2.05, 4.69) is 10.2 Å². The van der Waals surface area contributed by atoms with E-state index in [9.17, 15) is 19.5 Å². The molecule has 0 radical (unpaired) electrons. The molecule has 0 unspecified atom stereocenters. The molecule has 45 heavy (non-hydrogen) atoms. The van der Waals surface area contributed by atoms with E-state index >= 15 is 0 Å². The van der Waals surface area contributed by atoms with Gasteiger partial charge in [-0.15, -0.1) is 0 Å². The molecule has 1 aliphatic rings. The highest BCUT2D eigenvalue weighted by molar-refractivity contribution is 5.99. The van der Waals surface area contributed by atoms with Crippen LogP contribution in [0, 0.1) is 5.92 Å². The molecule has 11 nitrogen and oxygen atoms in total. The molecule has 0 saturated carbocycles. The average molecular weight is 634 g/mol. The molecule has 1 aromatic carbocycles. The summed E-state index contributed by atoms with van der Waals surface area (Å²) >= 11 is 0. The zero-order valence-corrected chi connectivity index (χ0v) is 29.0. The van der Waals surface area contributed by atoms with Crippen LogP contribution in [-0.2, 0) is 14.3 Å². The molecule has 1 aromatic rings. The number of rotatable bonds is 13. The van der Waals surface area contributed by atoms with E-state index < -0.39 is 6.04 Å². The van der Waals surface area contributed by atoms with Gasteiger partial charge in [0.25, 0.3) is 5.91 Å². The number of hydrogen-bond donors (Lipinski definition) is 2. The average Bonchev–Trinajstić information content (AvgIpc) is 2.97. The number of hydrogen-bond acceptors (Lipinski definition) is 8. The van der Waals surface area contributed by atoms with Gasteiger partial charge in [0.1, 0.15) is 5.75 Å². The number of anilines is 1. The van der Waals surface area contributed by atoms with E-state index in [1.807, 2.05) is 60.9 Å². The number of benzene rings is 1. The van der Waals surface area contributed by atoms with Gasteiger partial charge in [-0.1, -0.05) is 6.92 Å². The Hall–Kier alpha value is -2.73. The van der Waals surface area contributed by atoms with Crippen molar-refractivity contribution >= 4 is 23.4 Å². The summed E-state index contributed by atoms with van der Waals surface area (Å²) in [6.07, 6.45) is 4.42. The Morgan fingerprint density at radius 1 is 1.04 bits per heavy atom. The number of carbonyl (C=O) groups excluding carboxylic acids is 3. The fraction of sp³-hybridized carbons (Fsp3) is 0.735. The number of carbonyl (C=O) groups is 3. The second-order valence-electron chi connectivity index (χ2n) is 13.1. The number of ether oxygens (including phenoxy) is 2. The highest BCUT2D eigenvalue weighted by atomic mass is 16.5. The third-order valence-corrected chi connectivity index (χ3v) is 8.22. The molecule has 1 heterocycles. The molecule has 0 saturated heterocycles. The first-order valence-corrected chi connectivity index (χ1v) is 16.5. The minimum atomic E-state index is -0.478. The number of amides is 3.